The summed E-state index contributed by atoms with van der Waals surface area (Å²) in [5.41, 5.74) is 6.13. The van der Waals surface area contributed by atoms with Crippen LogP contribution in [0.5, 0.6) is 5.75 Å². The molecule has 1 rings (SSSR count). The third-order valence-corrected chi connectivity index (χ3v) is 2.51. The van der Waals surface area contributed by atoms with Crippen LogP contribution in [0.15, 0.2) is 24.3 Å². The fourth-order valence-corrected chi connectivity index (χ4v) is 1.50. The molecule has 0 bridgehead atoms. The molecule has 0 aromatic heterocycles. The van der Waals surface area contributed by atoms with Gasteiger partial charge in [0, 0.05) is 12.2 Å². The van der Waals surface area contributed by atoms with Crippen LogP contribution in [0.25, 0.3) is 0 Å². The Labute approximate surface area is 108 Å². The van der Waals surface area contributed by atoms with Crippen LogP contribution in [-0.2, 0) is 0 Å². The van der Waals surface area contributed by atoms with E-state index in [1.807, 2.05) is 0 Å². The maximum atomic E-state index is 11.5. The second kappa shape index (κ2) is 8.36. The maximum absolute atomic E-state index is 11.5. The lowest BCUT2D eigenvalue weighted by Crippen LogP contribution is -2.29. The summed E-state index contributed by atoms with van der Waals surface area (Å²) in [5.74, 6) is 0.766. The summed E-state index contributed by atoms with van der Waals surface area (Å²) in [4.78, 5) is 11.5. The zero-order valence-corrected chi connectivity index (χ0v) is 10.7. The van der Waals surface area contributed by atoms with Crippen LogP contribution in [0.4, 0.5) is 10.5 Å². The van der Waals surface area contributed by atoms with Crippen molar-refractivity contribution in [3.63, 3.8) is 0 Å². The Morgan fingerprint density at radius 1 is 1.22 bits per heavy atom. The minimum absolute atomic E-state index is 0.187. The van der Waals surface area contributed by atoms with E-state index in [-0.39, 0.29) is 6.03 Å². The summed E-state index contributed by atoms with van der Waals surface area (Å²) in [7, 11) is 1.61. The van der Waals surface area contributed by atoms with Crippen LogP contribution < -0.4 is 21.1 Å². The van der Waals surface area contributed by atoms with E-state index in [1.165, 1.54) is 0 Å². The molecule has 0 fully saturated rings. The molecule has 1 aromatic rings. The minimum atomic E-state index is -0.187. The lowest BCUT2D eigenvalue weighted by atomic mass is 10.2. The number of nitrogens with one attached hydrogen (secondary N) is 2. The molecule has 0 heterocycles. The number of nitrogens with two attached hydrogens (primary N) is 1. The molecule has 0 spiro atoms. The van der Waals surface area contributed by atoms with Gasteiger partial charge >= 0.3 is 6.03 Å². The van der Waals surface area contributed by atoms with E-state index in [1.54, 1.807) is 31.4 Å². The van der Waals surface area contributed by atoms with Crippen molar-refractivity contribution in [2.24, 2.45) is 5.73 Å². The third kappa shape index (κ3) is 5.54. The number of unbranched alkanes of at least 4 members (excludes halogenated alkanes) is 2. The molecule has 0 saturated carbocycles. The van der Waals surface area contributed by atoms with Crippen molar-refractivity contribution in [3.8, 4) is 5.75 Å². The molecule has 5 nitrogen and oxygen atoms in total. The van der Waals surface area contributed by atoms with Crippen LogP contribution in [0.3, 0.4) is 0 Å². The summed E-state index contributed by atoms with van der Waals surface area (Å²) in [6.07, 6.45) is 2.99. The average molecular weight is 251 g/mol. The molecule has 100 valence electrons. The molecule has 4 N–H and O–H groups in total. The normalized spacial score (nSPS) is 9.89. The first kappa shape index (κ1) is 14.3. The van der Waals surface area contributed by atoms with Gasteiger partial charge in [0.1, 0.15) is 5.75 Å². The van der Waals surface area contributed by atoms with Gasteiger partial charge in [-0.3, -0.25) is 0 Å². The Kier molecular flexibility index (Phi) is 6.64. The van der Waals surface area contributed by atoms with Gasteiger partial charge in [-0.2, -0.15) is 0 Å². The van der Waals surface area contributed by atoms with Crippen LogP contribution in [0, 0.1) is 0 Å². The summed E-state index contributed by atoms with van der Waals surface area (Å²) in [6, 6.07) is 7.01. The van der Waals surface area contributed by atoms with Gasteiger partial charge in [0.25, 0.3) is 0 Å². The van der Waals surface area contributed by atoms with E-state index >= 15 is 0 Å². The molecule has 1 aromatic carbocycles. The summed E-state index contributed by atoms with van der Waals surface area (Å²) in [6.45, 7) is 1.38. The minimum Gasteiger partial charge on any atom is -0.497 e. The maximum Gasteiger partial charge on any atom is 0.319 e. The van der Waals surface area contributed by atoms with E-state index < -0.39 is 0 Å². The van der Waals surface area contributed by atoms with Gasteiger partial charge in [-0.15, -0.1) is 0 Å². The highest BCUT2D eigenvalue weighted by molar-refractivity contribution is 5.89. The quantitative estimate of drug-likeness (QED) is 0.648. The fourth-order valence-electron chi connectivity index (χ4n) is 1.50. The topological polar surface area (TPSA) is 76.4 Å². The molecule has 5 heteroatoms. The summed E-state index contributed by atoms with van der Waals surface area (Å²) < 4.78 is 5.04. The summed E-state index contributed by atoms with van der Waals surface area (Å²) in [5, 5.41) is 5.55. The molecular weight excluding hydrogens is 230 g/mol. The molecule has 0 atom stereocenters. The van der Waals surface area contributed by atoms with Crippen molar-refractivity contribution in [2.75, 3.05) is 25.5 Å². The molecule has 0 aliphatic heterocycles. The van der Waals surface area contributed by atoms with Crippen molar-refractivity contribution < 1.29 is 9.53 Å². The van der Waals surface area contributed by atoms with Gasteiger partial charge in [0.2, 0.25) is 0 Å². The number of methoxy groups -OCH3 is 1. The Bertz CT molecular complexity index is 352. The lowest BCUT2D eigenvalue weighted by Gasteiger charge is -2.08. The smallest absolute Gasteiger partial charge is 0.319 e. The zero-order valence-electron chi connectivity index (χ0n) is 10.7. The Balaban J connectivity index is 2.22. The molecule has 0 saturated heterocycles. The Hall–Kier alpha value is -1.75. The number of benzene rings is 1. The van der Waals surface area contributed by atoms with E-state index in [9.17, 15) is 4.79 Å². The highest BCUT2D eigenvalue weighted by Crippen LogP contribution is 2.14. The van der Waals surface area contributed by atoms with Crippen LogP contribution >= 0.6 is 0 Å². The number of rotatable bonds is 7. The van der Waals surface area contributed by atoms with Crippen LogP contribution in [0.2, 0.25) is 0 Å². The number of urea groups is 1. The number of hydrogen-bond donors (Lipinski definition) is 3. The van der Waals surface area contributed by atoms with E-state index in [2.05, 4.69) is 10.6 Å². The van der Waals surface area contributed by atoms with Gasteiger partial charge in [-0.1, -0.05) is 6.42 Å². The zero-order chi connectivity index (χ0) is 13.2. The van der Waals surface area contributed by atoms with Gasteiger partial charge < -0.3 is 21.1 Å². The molecule has 0 aliphatic carbocycles. The standard InChI is InChI=1S/C13H21N3O2/c1-18-12-7-5-11(6-8-12)16-13(17)15-10-4-2-3-9-14/h5-8H,2-4,9-10,14H2,1H3,(H2,15,16,17). The van der Waals surface area contributed by atoms with Crippen LogP contribution in [-0.4, -0.2) is 26.2 Å². The number of carbonyl (C=O) groups is 1. The Morgan fingerprint density at radius 2 is 1.94 bits per heavy atom. The SMILES string of the molecule is COc1ccc(NC(=O)NCCCCCN)cc1. The van der Waals surface area contributed by atoms with Gasteiger partial charge in [-0.25, -0.2) is 4.79 Å². The highest BCUT2D eigenvalue weighted by atomic mass is 16.5. The second-order valence-corrected chi connectivity index (χ2v) is 3.96. The fraction of sp³-hybridized carbons (Fsp3) is 0.462. The summed E-state index contributed by atoms with van der Waals surface area (Å²) >= 11 is 0. The molecule has 0 unspecified atom stereocenters. The first-order valence-electron chi connectivity index (χ1n) is 6.15. The molecule has 18 heavy (non-hydrogen) atoms. The predicted molar refractivity (Wildman–Crippen MR) is 72.9 cm³/mol. The van der Waals surface area contributed by atoms with Gasteiger partial charge in [0.15, 0.2) is 0 Å². The van der Waals surface area contributed by atoms with E-state index in [4.69, 9.17) is 10.5 Å². The van der Waals surface area contributed by atoms with Crippen molar-refractivity contribution in [3.05, 3.63) is 24.3 Å². The van der Waals surface area contributed by atoms with Crippen molar-refractivity contribution in [2.45, 2.75) is 19.3 Å². The van der Waals surface area contributed by atoms with E-state index in [0.717, 1.165) is 30.7 Å². The first-order valence-corrected chi connectivity index (χ1v) is 6.15. The Morgan fingerprint density at radius 3 is 2.56 bits per heavy atom. The van der Waals surface area contributed by atoms with Crippen LogP contribution in [0.1, 0.15) is 19.3 Å². The number of carbonyl (C=O) groups excluding carboxylic acids is 1. The number of ether oxygens (including phenoxy) is 1. The second-order valence-electron chi connectivity index (χ2n) is 3.96. The van der Waals surface area contributed by atoms with Gasteiger partial charge in [0.05, 0.1) is 7.11 Å². The van der Waals surface area contributed by atoms with E-state index in [0.29, 0.717) is 13.1 Å². The molecular formula is C13H21N3O2. The first-order chi connectivity index (χ1) is 8.76. The molecule has 0 radical (unpaired) electrons. The van der Waals surface area contributed by atoms with Gasteiger partial charge in [-0.05, 0) is 43.7 Å². The lowest BCUT2D eigenvalue weighted by molar-refractivity contribution is 0.252. The van der Waals surface area contributed by atoms with Crippen molar-refractivity contribution in [1.29, 1.82) is 0 Å². The number of hydrogen-bond acceptors (Lipinski definition) is 3. The number of anilines is 1. The van der Waals surface area contributed by atoms with Crippen molar-refractivity contribution >= 4 is 11.7 Å². The third-order valence-electron chi connectivity index (χ3n) is 2.51. The number of amides is 2. The predicted octanol–water partition coefficient (Wildman–Crippen LogP) is 1.95. The molecule has 2 amide bonds. The van der Waals surface area contributed by atoms with Crippen molar-refractivity contribution in [1.82, 2.24) is 5.32 Å². The highest BCUT2D eigenvalue weighted by Gasteiger charge is 2.00. The molecule has 0 aliphatic rings. The largest absolute Gasteiger partial charge is 0.497 e. The monoisotopic (exact) mass is 251 g/mol. The average Bonchev–Trinajstić information content (AvgIpc) is 2.39.